The fourth-order valence-electron chi connectivity index (χ4n) is 3.42. The minimum absolute atomic E-state index is 0.00107. The van der Waals surface area contributed by atoms with Gasteiger partial charge in [0.2, 0.25) is 5.91 Å². The molecule has 1 amide bonds. The summed E-state index contributed by atoms with van der Waals surface area (Å²) in [5.41, 5.74) is 3.57. The van der Waals surface area contributed by atoms with E-state index in [0.29, 0.717) is 29.8 Å². The number of esters is 1. The van der Waals surface area contributed by atoms with Gasteiger partial charge >= 0.3 is 5.97 Å². The number of ether oxygens (including phenoxy) is 1. The van der Waals surface area contributed by atoms with Crippen LogP contribution in [-0.4, -0.2) is 21.7 Å². The highest BCUT2D eigenvalue weighted by Gasteiger charge is 2.22. The number of rotatable bonds is 4. The lowest BCUT2D eigenvalue weighted by Crippen LogP contribution is -2.19. The summed E-state index contributed by atoms with van der Waals surface area (Å²) in [6.45, 7) is 0. The van der Waals surface area contributed by atoms with Crippen LogP contribution in [0.25, 0.3) is 16.3 Å². The molecular formula is C23H17N3O3S. The number of anilines is 1. The lowest BCUT2D eigenvalue weighted by atomic mass is 10.0. The van der Waals surface area contributed by atoms with Gasteiger partial charge in [-0.2, -0.15) is 5.10 Å². The predicted molar refractivity (Wildman–Crippen MR) is 115 cm³/mol. The monoisotopic (exact) mass is 415 g/mol. The average Bonchev–Trinajstić information content (AvgIpc) is 3.44. The van der Waals surface area contributed by atoms with Crippen LogP contribution in [0.15, 0.2) is 72.2 Å². The van der Waals surface area contributed by atoms with E-state index in [1.165, 1.54) is 11.3 Å². The Morgan fingerprint density at radius 3 is 2.73 bits per heavy atom. The van der Waals surface area contributed by atoms with Crippen molar-refractivity contribution >= 4 is 28.9 Å². The first-order valence-corrected chi connectivity index (χ1v) is 10.4. The number of thiophene rings is 1. The molecule has 5 rings (SSSR count). The van der Waals surface area contributed by atoms with Gasteiger partial charge in [0.15, 0.2) is 0 Å². The third-order valence-electron chi connectivity index (χ3n) is 4.89. The van der Waals surface area contributed by atoms with E-state index in [9.17, 15) is 9.59 Å². The van der Waals surface area contributed by atoms with Crippen molar-refractivity contribution in [3.63, 3.8) is 0 Å². The van der Waals surface area contributed by atoms with Crippen molar-refractivity contribution in [3.05, 3.63) is 83.4 Å². The van der Waals surface area contributed by atoms with Crippen molar-refractivity contribution in [2.24, 2.45) is 0 Å². The molecule has 0 radical (unpaired) electrons. The molecule has 0 bridgehead atoms. The first-order chi connectivity index (χ1) is 14.7. The van der Waals surface area contributed by atoms with Crippen LogP contribution in [0.3, 0.4) is 0 Å². The highest BCUT2D eigenvalue weighted by molar-refractivity contribution is 7.13. The molecule has 0 spiro atoms. The van der Waals surface area contributed by atoms with Gasteiger partial charge in [0.25, 0.3) is 0 Å². The van der Waals surface area contributed by atoms with Gasteiger partial charge in [0.05, 0.1) is 10.6 Å². The highest BCUT2D eigenvalue weighted by atomic mass is 32.1. The maximum absolute atomic E-state index is 13.1. The molecule has 1 aliphatic heterocycles. The maximum atomic E-state index is 13.1. The average molecular weight is 415 g/mol. The summed E-state index contributed by atoms with van der Waals surface area (Å²) in [4.78, 5) is 25.5. The SMILES string of the molecule is O=C1CCc2cc(OC(=O)c3cn(-c4ccccc4)nc3-c3cccs3)ccc2N1. The molecule has 30 heavy (non-hydrogen) atoms. The smallest absolute Gasteiger partial charge is 0.347 e. The number of benzene rings is 2. The zero-order valence-corrected chi connectivity index (χ0v) is 16.7. The van der Waals surface area contributed by atoms with Crippen LogP contribution in [0, 0.1) is 0 Å². The molecule has 148 valence electrons. The first kappa shape index (κ1) is 18.3. The van der Waals surface area contributed by atoms with E-state index in [1.54, 1.807) is 29.1 Å². The minimum atomic E-state index is -0.472. The highest BCUT2D eigenvalue weighted by Crippen LogP contribution is 2.30. The Bertz CT molecular complexity index is 1230. The van der Waals surface area contributed by atoms with Crippen molar-refractivity contribution in [2.45, 2.75) is 12.8 Å². The molecule has 0 saturated carbocycles. The van der Waals surface area contributed by atoms with Gasteiger partial charge in [0.1, 0.15) is 17.0 Å². The van der Waals surface area contributed by atoms with E-state index in [4.69, 9.17) is 4.74 Å². The molecule has 4 aromatic rings. The molecule has 2 aromatic carbocycles. The van der Waals surface area contributed by atoms with E-state index in [1.807, 2.05) is 47.8 Å². The molecule has 3 heterocycles. The van der Waals surface area contributed by atoms with Gasteiger partial charge in [-0.1, -0.05) is 24.3 Å². The fraction of sp³-hybridized carbons (Fsp3) is 0.0870. The Morgan fingerprint density at radius 2 is 1.93 bits per heavy atom. The second-order valence-electron chi connectivity index (χ2n) is 6.91. The van der Waals surface area contributed by atoms with Gasteiger partial charge < -0.3 is 10.1 Å². The van der Waals surface area contributed by atoms with Crippen molar-refractivity contribution < 1.29 is 14.3 Å². The molecule has 7 heteroatoms. The van der Waals surface area contributed by atoms with Crippen LogP contribution < -0.4 is 10.1 Å². The Balaban J connectivity index is 1.48. The summed E-state index contributed by atoms with van der Waals surface area (Å²) >= 11 is 1.52. The van der Waals surface area contributed by atoms with Crippen molar-refractivity contribution in [1.82, 2.24) is 9.78 Å². The normalized spacial score (nSPS) is 12.9. The number of carbonyl (C=O) groups excluding carboxylic acids is 2. The molecule has 0 fully saturated rings. The molecule has 0 atom stereocenters. The summed E-state index contributed by atoms with van der Waals surface area (Å²) in [5.74, 6) is -0.0268. The number of hydrogen-bond acceptors (Lipinski definition) is 5. The van der Waals surface area contributed by atoms with E-state index in [2.05, 4.69) is 10.4 Å². The Hall–Kier alpha value is -3.71. The largest absolute Gasteiger partial charge is 0.423 e. The van der Waals surface area contributed by atoms with Crippen LogP contribution >= 0.6 is 11.3 Å². The Kier molecular flexibility index (Phi) is 4.65. The lowest BCUT2D eigenvalue weighted by Gasteiger charge is -2.17. The third-order valence-corrected chi connectivity index (χ3v) is 5.77. The number of amides is 1. The van der Waals surface area contributed by atoms with Crippen LogP contribution in [0.2, 0.25) is 0 Å². The molecule has 2 aromatic heterocycles. The molecule has 1 aliphatic rings. The zero-order valence-electron chi connectivity index (χ0n) is 15.9. The van der Waals surface area contributed by atoms with Crippen LogP contribution in [0.1, 0.15) is 22.3 Å². The number of hydrogen-bond donors (Lipinski definition) is 1. The third kappa shape index (κ3) is 3.51. The Labute approximate surface area is 176 Å². The molecule has 0 aliphatic carbocycles. The van der Waals surface area contributed by atoms with Gasteiger partial charge in [-0.3, -0.25) is 4.79 Å². The number of nitrogens with zero attached hydrogens (tertiary/aromatic N) is 2. The number of aryl methyl sites for hydroxylation is 1. The number of carbonyl (C=O) groups is 2. The lowest BCUT2D eigenvalue weighted by molar-refractivity contribution is -0.116. The van der Waals surface area contributed by atoms with Gasteiger partial charge in [-0.15, -0.1) is 11.3 Å². The number of para-hydroxylation sites is 1. The summed E-state index contributed by atoms with van der Waals surface area (Å²) in [7, 11) is 0. The van der Waals surface area contributed by atoms with E-state index >= 15 is 0 Å². The topological polar surface area (TPSA) is 73.2 Å². The second-order valence-corrected chi connectivity index (χ2v) is 7.85. The fourth-order valence-corrected chi connectivity index (χ4v) is 4.14. The summed E-state index contributed by atoms with van der Waals surface area (Å²) in [6, 6.07) is 18.8. The van der Waals surface area contributed by atoms with Crippen LogP contribution in [0.5, 0.6) is 5.75 Å². The summed E-state index contributed by atoms with van der Waals surface area (Å²) < 4.78 is 7.37. The van der Waals surface area contributed by atoms with Crippen molar-refractivity contribution in [2.75, 3.05) is 5.32 Å². The molecular weight excluding hydrogens is 398 g/mol. The second kappa shape index (κ2) is 7.61. The maximum Gasteiger partial charge on any atom is 0.347 e. The number of fused-ring (bicyclic) bond motifs is 1. The number of aromatic nitrogens is 2. The van der Waals surface area contributed by atoms with Gasteiger partial charge in [-0.05, 0) is 53.8 Å². The van der Waals surface area contributed by atoms with Gasteiger partial charge in [-0.25, -0.2) is 9.48 Å². The quantitative estimate of drug-likeness (QED) is 0.387. The van der Waals surface area contributed by atoms with E-state index in [-0.39, 0.29) is 5.91 Å². The first-order valence-electron chi connectivity index (χ1n) is 9.51. The summed E-state index contributed by atoms with van der Waals surface area (Å²) in [6.07, 6.45) is 2.75. The number of nitrogens with one attached hydrogen (secondary N) is 1. The summed E-state index contributed by atoms with van der Waals surface area (Å²) in [5, 5.41) is 9.42. The molecule has 0 saturated heterocycles. The predicted octanol–water partition coefficient (Wildman–Crippen LogP) is 4.70. The molecule has 1 N–H and O–H groups in total. The zero-order chi connectivity index (χ0) is 20.5. The van der Waals surface area contributed by atoms with Crippen molar-refractivity contribution in [1.29, 1.82) is 0 Å². The minimum Gasteiger partial charge on any atom is -0.423 e. The van der Waals surface area contributed by atoms with Crippen LogP contribution in [-0.2, 0) is 11.2 Å². The van der Waals surface area contributed by atoms with Gasteiger partial charge in [0, 0.05) is 18.3 Å². The van der Waals surface area contributed by atoms with Crippen LogP contribution in [0.4, 0.5) is 5.69 Å². The standard InChI is InChI=1S/C23H17N3O3S/c27-21-11-8-15-13-17(9-10-19(15)24-21)29-23(28)18-14-26(16-5-2-1-3-6-16)25-22(18)20-7-4-12-30-20/h1-7,9-10,12-14H,8,11H2,(H,24,27). The van der Waals surface area contributed by atoms with Crippen molar-refractivity contribution in [3.8, 4) is 22.0 Å². The Morgan fingerprint density at radius 1 is 1.07 bits per heavy atom. The molecule has 6 nitrogen and oxygen atoms in total. The van der Waals surface area contributed by atoms with E-state index in [0.717, 1.165) is 21.8 Å². The van der Waals surface area contributed by atoms with E-state index < -0.39 is 5.97 Å². The molecule has 0 unspecified atom stereocenters.